The molecule has 0 spiro atoms. The molecule has 0 aliphatic carbocycles. The molecule has 1 atom stereocenters. The van der Waals surface area contributed by atoms with Crippen LogP contribution < -0.4 is 10.6 Å². The number of anilines is 1. The molecule has 104 valence electrons. The van der Waals surface area contributed by atoms with E-state index in [0.717, 1.165) is 6.54 Å². The molecule has 1 heterocycles. The number of unbranched alkanes of at least 4 members (excludes halogenated alkanes) is 2. The zero-order chi connectivity index (χ0) is 13.2. The summed E-state index contributed by atoms with van der Waals surface area (Å²) in [7, 11) is 2.01. The van der Waals surface area contributed by atoms with Gasteiger partial charge in [-0.25, -0.2) is 0 Å². The maximum atomic E-state index is 3.74. The molecular weight excluding hydrogens is 240 g/mol. The number of hydrogen-bond donors (Lipinski definition) is 2. The van der Waals surface area contributed by atoms with Crippen LogP contribution in [0.3, 0.4) is 0 Å². The van der Waals surface area contributed by atoms with Crippen molar-refractivity contribution in [1.29, 1.82) is 0 Å². The Morgan fingerprint density at radius 3 is 2.61 bits per heavy atom. The second-order valence-corrected chi connectivity index (χ2v) is 5.71. The topological polar surface area (TPSA) is 24.1 Å². The SMILES string of the molecule is CCCCCC(CCC)Nc1cscc1CNC. The Hall–Kier alpha value is -0.540. The van der Waals surface area contributed by atoms with Crippen LogP contribution in [-0.4, -0.2) is 13.1 Å². The summed E-state index contributed by atoms with van der Waals surface area (Å²) in [5.74, 6) is 0. The molecule has 1 unspecified atom stereocenters. The fourth-order valence-electron chi connectivity index (χ4n) is 2.28. The number of thiophene rings is 1. The predicted octanol–water partition coefficient (Wildman–Crippen LogP) is 4.63. The lowest BCUT2D eigenvalue weighted by Crippen LogP contribution is -2.20. The van der Waals surface area contributed by atoms with E-state index in [1.54, 1.807) is 11.3 Å². The maximum absolute atomic E-state index is 3.74. The molecule has 0 fully saturated rings. The van der Waals surface area contributed by atoms with Crippen molar-refractivity contribution in [3.63, 3.8) is 0 Å². The monoisotopic (exact) mass is 268 g/mol. The maximum Gasteiger partial charge on any atom is 0.0496 e. The van der Waals surface area contributed by atoms with Crippen LogP contribution in [-0.2, 0) is 6.54 Å². The molecule has 0 aliphatic heterocycles. The Morgan fingerprint density at radius 2 is 1.94 bits per heavy atom. The van der Waals surface area contributed by atoms with Gasteiger partial charge in [0.15, 0.2) is 0 Å². The Morgan fingerprint density at radius 1 is 1.11 bits per heavy atom. The fraction of sp³-hybridized carbons (Fsp3) is 0.733. The summed E-state index contributed by atoms with van der Waals surface area (Å²) in [6, 6.07) is 0.645. The van der Waals surface area contributed by atoms with Crippen LogP contribution in [0.1, 0.15) is 57.9 Å². The molecule has 0 amide bonds. The van der Waals surface area contributed by atoms with E-state index in [1.807, 2.05) is 7.05 Å². The molecule has 2 nitrogen and oxygen atoms in total. The standard InChI is InChI=1S/C15H28N2S/c1-4-6-7-9-14(8-5-2)17-15-12-18-11-13(15)10-16-3/h11-12,14,16-17H,4-10H2,1-3H3. The highest BCUT2D eigenvalue weighted by atomic mass is 32.1. The second kappa shape index (κ2) is 9.40. The van der Waals surface area contributed by atoms with Gasteiger partial charge in [0.25, 0.3) is 0 Å². The number of hydrogen-bond acceptors (Lipinski definition) is 3. The number of rotatable bonds is 10. The molecule has 0 radical (unpaired) electrons. The Labute approximate surface area is 116 Å². The van der Waals surface area contributed by atoms with E-state index in [1.165, 1.54) is 49.8 Å². The number of nitrogens with one attached hydrogen (secondary N) is 2. The minimum atomic E-state index is 0.645. The third kappa shape index (κ3) is 5.40. The summed E-state index contributed by atoms with van der Waals surface area (Å²) in [5, 5.41) is 11.5. The molecule has 1 aromatic rings. The summed E-state index contributed by atoms with van der Waals surface area (Å²) in [5.41, 5.74) is 2.74. The van der Waals surface area contributed by atoms with Crippen molar-refractivity contribution in [3.8, 4) is 0 Å². The van der Waals surface area contributed by atoms with Crippen molar-refractivity contribution >= 4 is 17.0 Å². The molecule has 0 aromatic carbocycles. The third-order valence-corrected chi connectivity index (χ3v) is 4.05. The summed E-state index contributed by atoms with van der Waals surface area (Å²) in [4.78, 5) is 0. The highest BCUT2D eigenvalue weighted by molar-refractivity contribution is 7.08. The van der Waals surface area contributed by atoms with Crippen molar-refractivity contribution in [1.82, 2.24) is 5.32 Å². The summed E-state index contributed by atoms with van der Waals surface area (Å²) >= 11 is 1.79. The van der Waals surface area contributed by atoms with Gasteiger partial charge in [0.05, 0.1) is 0 Å². The van der Waals surface area contributed by atoms with Gasteiger partial charge in [-0.2, -0.15) is 0 Å². The zero-order valence-electron chi connectivity index (χ0n) is 12.1. The first-order chi connectivity index (χ1) is 8.81. The smallest absolute Gasteiger partial charge is 0.0496 e. The van der Waals surface area contributed by atoms with E-state index < -0.39 is 0 Å². The van der Waals surface area contributed by atoms with Crippen molar-refractivity contribution < 1.29 is 0 Å². The first kappa shape index (κ1) is 15.5. The van der Waals surface area contributed by atoms with Gasteiger partial charge in [0.2, 0.25) is 0 Å². The molecular formula is C15H28N2S. The molecule has 0 saturated carbocycles. The normalized spacial score (nSPS) is 12.6. The van der Waals surface area contributed by atoms with Crippen molar-refractivity contribution in [2.75, 3.05) is 12.4 Å². The van der Waals surface area contributed by atoms with Gasteiger partial charge >= 0.3 is 0 Å². The van der Waals surface area contributed by atoms with Crippen LogP contribution in [0.5, 0.6) is 0 Å². The Kier molecular flexibility index (Phi) is 8.10. The van der Waals surface area contributed by atoms with Gasteiger partial charge in [-0.05, 0) is 30.8 Å². The van der Waals surface area contributed by atoms with Gasteiger partial charge in [-0.3, -0.25) is 0 Å². The average Bonchev–Trinajstić information content (AvgIpc) is 2.78. The van der Waals surface area contributed by atoms with Crippen molar-refractivity contribution in [2.24, 2.45) is 0 Å². The van der Waals surface area contributed by atoms with Gasteiger partial charge < -0.3 is 10.6 Å². The van der Waals surface area contributed by atoms with Gasteiger partial charge in [-0.15, -0.1) is 11.3 Å². The van der Waals surface area contributed by atoms with E-state index in [9.17, 15) is 0 Å². The van der Waals surface area contributed by atoms with Crippen LogP contribution in [0.15, 0.2) is 10.8 Å². The molecule has 0 saturated heterocycles. The van der Waals surface area contributed by atoms with Gasteiger partial charge in [0, 0.05) is 23.7 Å². The van der Waals surface area contributed by atoms with Crippen molar-refractivity contribution in [2.45, 2.75) is 65.0 Å². The molecule has 0 aliphatic rings. The predicted molar refractivity (Wildman–Crippen MR) is 83.5 cm³/mol. The van der Waals surface area contributed by atoms with Gasteiger partial charge in [-0.1, -0.05) is 39.5 Å². The molecule has 0 bridgehead atoms. The first-order valence-corrected chi connectivity index (χ1v) is 8.22. The molecule has 3 heteroatoms. The zero-order valence-corrected chi connectivity index (χ0v) is 12.9. The van der Waals surface area contributed by atoms with E-state index in [-0.39, 0.29) is 0 Å². The van der Waals surface area contributed by atoms with Gasteiger partial charge in [0.1, 0.15) is 0 Å². The fourth-order valence-corrected chi connectivity index (χ4v) is 3.07. The third-order valence-electron chi connectivity index (χ3n) is 3.26. The second-order valence-electron chi connectivity index (χ2n) is 4.97. The molecule has 1 rings (SSSR count). The van der Waals surface area contributed by atoms with Crippen molar-refractivity contribution in [3.05, 3.63) is 16.3 Å². The first-order valence-electron chi connectivity index (χ1n) is 7.28. The minimum Gasteiger partial charge on any atom is -0.381 e. The van der Waals surface area contributed by atoms with Crippen LogP contribution in [0.2, 0.25) is 0 Å². The minimum absolute atomic E-state index is 0.645. The molecule has 1 aromatic heterocycles. The Bertz CT molecular complexity index is 309. The largest absolute Gasteiger partial charge is 0.381 e. The molecule has 2 N–H and O–H groups in total. The van der Waals surface area contributed by atoms with Crippen LogP contribution >= 0.6 is 11.3 Å². The average molecular weight is 268 g/mol. The van der Waals surface area contributed by atoms with E-state index in [2.05, 4.69) is 35.2 Å². The van der Waals surface area contributed by atoms with Crippen LogP contribution in [0.4, 0.5) is 5.69 Å². The lowest BCUT2D eigenvalue weighted by Gasteiger charge is -2.19. The molecule has 18 heavy (non-hydrogen) atoms. The highest BCUT2D eigenvalue weighted by Crippen LogP contribution is 2.23. The van der Waals surface area contributed by atoms with Crippen LogP contribution in [0.25, 0.3) is 0 Å². The van der Waals surface area contributed by atoms with E-state index >= 15 is 0 Å². The quantitative estimate of drug-likeness (QED) is 0.605. The highest BCUT2D eigenvalue weighted by Gasteiger charge is 2.10. The Balaban J connectivity index is 2.50. The van der Waals surface area contributed by atoms with Crippen LogP contribution in [0, 0.1) is 0 Å². The lowest BCUT2D eigenvalue weighted by atomic mass is 10.0. The van der Waals surface area contributed by atoms with E-state index in [4.69, 9.17) is 0 Å². The lowest BCUT2D eigenvalue weighted by molar-refractivity contribution is 0.550. The summed E-state index contributed by atoms with van der Waals surface area (Å²) in [6.45, 7) is 5.50. The summed E-state index contributed by atoms with van der Waals surface area (Å²) < 4.78 is 0. The van der Waals surface area contributed by atoms with E-state index in [0.29, 0.717) is 6.04 Å². The summed E-state index contributed by atoms with van der Waals surface area (Å²) in [6.07, 6.45) is 7.85.